The van der Waals surface area contributed by atoms with Gasteiger partial charge in [-0.15, -0.1) is 11.3 Å². The summed E-state index contributed by atoms with van der Waals surface area (Å²) in [5.74, 6) is -0.518. The number of nitrogens with zero attached hydrogens (tertiary/aromatic N) is 3. The van der Waals surface area contributed by atoms with Gasteiger partial charge in [0.2, 0.25) is 5.91 Å². The Hall–Kier alpha value is -2.48. The predicted molar refractivity (Wildman–Crippen MR) is 116 cm³/mol. The number of amides is 1. The number of anilines is 1. The van der Waals surface area contributed by atoms with E-state index in [1.807, 2.05) is 6.92 Å². The third-order valence-electron chi connectivity index (χ3n) is 5.97. The van der Waals surface area contributed by atoms with Crippen LogP contribution in [0.2, 0.25) is 0 Å². The summed E-state index contributed by atoms with van der Waals surface area (Å²) in [5.41, 5.74) is 6.06. The number of aliphatic imine (C=N–C) groups is 1. The van der Waals surface area contributed by atoms with Crippen molar-refractivity contribution in [1.82, 2.24) is 9.88 Å². The Morgan fingerprint density at radius 1 is 1.28 bits per heavy atom. The number of rotatable bonds is 5. The number of hydrogen-bond donors (Lipinski definition) is 2. The minimum absolute atomic E-state index is 0.0871. The largest absolute Gasteiger partial charge is 0.385 e. The molecule has 0 aliphatic carbocycles. The molecule has 3 rings (SSSR count). The van der Waals surface area contributed by atoms with Gasteiger partial charge in [-0.05, 0) is 52.8 Å². The number of carbonyl (C=O) groups excluding carboxylic acids is 1. The fourth-order valence-corrected chi connectivity index (χ4v) is 4.47. The summed E-state index contributed by atoms with van der Waals surface area (Å²) in [5, 5.41) is 4.40. The lowest BCUT2D eigenvalue weighted by Gasteiger charge is -2.46. The van der Waals surface area contributed by atoms with Crippen LogP contribution in [-0.4, -0.2) is 35.3 Å². The number of carbonyl (C=O) groups is 1. The fraction of sp³-hybridized carbons (Fsp3) is 0.476. The van der Waals surface area contributed by atoms with Gasteiger partial charge in [0.15, 0.2) is 5.96 Å². The van der Waals surface area contributed by atoms with Gasteiger partial charge < -0.3 is 11.1 Å². The Bertz CT molecular complexity index is 964. The molecule has 1 atom stereocenters. The van der Waals surface area contributed by atoms with Crippen LogP contribution in [0, 0.1) is 25.1 Å². The molecular formula is C21H28FN5OS. The summed E-state index contributed by atoms with van der Waals surface area (Å²) >= 11 is 1.69. The van der Waals surface area contributed by atoms with Crippen molar-refractivity contribution in [2.45, 2.75) is 46.6 Å². The number of benzene rings is 1. The molecule has 3 N–H and O–H groups in total. The van der Waals surface area contributed by atoms with Crippen LogP contribution in [-0.2, 0) is 16.8 Å². The second-order valence-electron chi connectivity index (χ2n) is 8.15. The highest BCUT2D eigenvalue weighted by molar-refractivity contribution is 7.11. The van der Waals surface area contributed by atoms with Crippen LogP contribution in [0.5, 0.6) is 0 Å². The highest BCUT2D eigenvalue weighted by Crippen LogP contribution is 2.47. The van der Waals surface area contributed by atoms with Crippen molar-refractivity contribution in [2.75, 3.05) is 18.9 Å². The lowest BCUT2D eigenvalue weighted by molar-refractivity contribution is -0.140. The van der Waals surface area contributed by atoms with Crippen molar-refractivity contribution >= 4 is 28.9 Å². The molecule has 0 saturated carbocycles. The minimum Gasteiger partial charge on any atom is -0.385 e. The number of guanidine groups is 1. The van der Waals surface area contributed by atoms with E-state index in [9.17, 15) is 9.18 Å². The fourth-order valence-electron chi connectivity index (χ4n) is 3.54. The summed E-state index contributed by atoms with van der Waals surface area (Å²) < 4.78 is 14.9. The average Bonchev–Trinajstić information content (AvgIpc) is 2.97. The monoisotopic (exact) mass is 417 g/mol. The number of aromatic nitrogens is 1. The normalized spacial score (nSPS) is 21.3. The Morgan fingerprint density at radius 3 is 2.59 bits per heavy atom. The van der Waals surface area contributed by atoms with E-state index >= 15 is 0 Å². The molecule has 2 heterocycles. The summed E-state index contributed by atoms with van der Waals surface area (Å²) in [7, 11) is 1.58. The molecule has 1 aliphatic rings. The van der Waals surface area contributed by atoms with Crippen LogP contribution < -0.4 is 11.1 Å². The molecule has 0 radical (unpaired) electrons. The molecule has 156 valence electrons. The van der Waals surface area contributed by atoms with Gasteiger partial charge in [0.1, 0.15) is 11.4 Å². The molecule has 1 amide bonds. The quantitative estimate of drug-likeness (QED) is 0.779. The molecule has 29 heavy (non-hydrogen) atoms. The van der Waals surface area contributed by atoms with Gasteiger partial charge in [-0.3, -0.25) is 9.69 Å². The van der Waals surface area contributed by atoms with Crippen molar-refractivity contribution < 1.29 is 9.18 Å². The van der Waals surface area contributed by atoms with Crippen LogP contribution in [0.3, 0.4) is 0 Å². The average molecular weight is 418 g/mol. The topological polar surface area (TPSA) is 83.6 Å². The number of nitrogens with two attached hydrogens (primary N) is 1. The van der Waals surface area contributed by atoms with Gasteiger partial charge in [-0.25, -0.2) is 14.4 Å². The van der Waals surface area contributed by atoms with Crippen molar-refractivity contribution in [3.63, 3.8) is 0 Å². The van der Waals surface area contributed by atoms with E-state index in [-0.39, 0.29) is 11.9 Å². The van der Waals surface area contributed by atoms with Gasteiger partial charge in [-0.1, -0.05) is 0 Å². The Kier molecular flexibility index (Phi) is 5.42. The summed E-state index contributed by atoms with van der Waals surface area (Å²) in [6.07, 6.45) is 0.781. The highest BCUT2D eigenvalue weighted by atomic mass is 32.1. The van der Waals surface area contributed by atoms with E-state index in [0.29, 0.717) is 12.1 Å². The molecule has 1 aliphatic heterocycles. The van der Waals surface area contributed by atoms with Crippen LogP contribution in [0.1, 0.15) is 41.9 Å². The maximum Gasteiger partial charge on any atom is 0.237 e. The SMILES string of the molecule is Cc1nc(CCNc2ccc(F)c([C@@]3(C)N=C(N)N(C)C(=O)C3(C)C)c2)sc1C. The zero-order valence-electron chi connectivity index (χ0n) is 17.8. The summed E-state index contributed by atoms with van der Waals surface area (Å²) in [6.45, 7) is 10.0. The first-order valence-corrected chi connectivity index (χ1v) is 10.4. The van der Waals surface area contributed by atoms with Gasteiger partial charge in [0.25, 0.3) is 0 Å². The van der Waals surface area contributed by atoms with Gasteiger partial charge in [0, 0.05) is 36.1 Å². The van der Waals surface area contributed by atoms with Gasteiger partial charge >= 0.3 is 0 Å². The first-order valence-electron chi connectivity index (χ1n) is 9.57. The van der Waals surface area contributed by atoms with Crippen molar-refractivity contribution in [2.24, 2.45) is 16.1 Å². The third kappa shape index (κ3) is 3.61. The molecule has 1 aromatic heterocycles. The van der Waals surface area contributed by atoms with Crippen molar-refractivity contribution in [3.05, 3.63) is 45.2 Å². The van der Waals surface area contributed by atoms with Crippen molar-refractivity contribution in [1.29, 1.82) is 0 Å². The molecule has 0 bridgehead atoms. The smallest absolute Gasteiger partial charge is 0.237 e. The minimum atomic E-state index is -1.12. The van der Waals surface area contributed by atoms with E-state index in [2.05, 4.69) is 22.2 Å². The standard InChI is InChI=1S/C21H28FN5OS/c1-12-13(2)29-17(25-12)9-10-24-14-7-8-16(22)15(11-14)21(5)20(3,4)18(28)27(6)19(23)26-21/h7-8,11,24H,9-10H2,1-6H3,(H2,23,26)/t21-/m1/s1. The van der Waals surface area contributed by atoms with Crippen molar-refractivity contribution in [3.8, 4) is 0 Å². The van der Waals surface area contributed by atoms with Gasteiger partial charge in [-0.2, -0.15) is 0 Å². The zero-order chi connectivity index (χ0) is 21.6. The Balaban J connectivity index is 1.87. The third-order valence-corrected chi connectivity index (χ3v) is 7.10. The van der Waals surface area contributed by atoms with E-state index in [0.717, 1.165) is 22.8 Å². The first-order chi connectivity index (χ1) is 13.5. The van der Waals surface area contributed by atoms with Crippen LogP contribution in [0.15, 0.2) is 23.2 Å². The molecular weight excluding hydrogens is 389 g/mol. The van der Waals surface area contributed by atoms with E-state index in [1.54, 1.807) is 51.3 Å². The second-order valence-corrected chi connectivity index (χ2v) is 9.44. The van der Waals surface area contributed by atoms with Crippen LogP contribution >= 0.6 is 11.3 Å². The molecule has 0 spiro atoms. The number of halogens is 1. The molecule has 0 saturated heterocycles. The first kappa shape index (κ1) is 21.2. The van der Waals surface area contributed by atoms with E-state index in [4.69, 9.17) is 5.73 Å². The van der Waals surface area contributed by atoms with E-state index < -0.39 is 16.8 Å². The number of aryl methyl sites for hydroxylation is 2. The second kappa shape index (κ2) is 7.40. The lowest BCUT2D eigenvalue weighted by Crippen LogP contribution is -2.58. The molecule has 6 nitrogen and oxygen atoms in total. The molecule has 2 aromatic rings. The van der Waals surface area contributed by atoms with E-state index in [1.165, 1.54) is 15.8 Å². The lowest BCUT2D eigenvalue weighted by atomic mass is 9.67. The molecule has 8 heteroatoms. The number of hydrogen-bond acceptors (Lipinski definition) is 6. The molecule has 0 fully saturated rings. The van der Waals surface area contributed by atoms with Crippen LogP contribution in [0.4, 0.5) is 10.1 Å². The number of thiazole rings is 1. The highest BCUT2D eigenvalue weighted by Gasteiger charge is 2.53. The summed E-state index contributed by atoms with van der Waals surface area (Å²) in [4.78, 5) is 24.4. The maximum absolute atomic E-state index is 14.9. The zero-order valence-corrected chi connectivity index (χ0v) is 18.6. The predicted octanol–water partition coefficient (Wildman–Crippen LogP) is 3.58. The molecule has 0 unspecified atom stereocenters. The summed E-state index contributed by atoms with van der Waals surface area (Å²) in [6, 6.07) is 4.83. The van der Waals surface area contributed by atoms with Gasteiger partial charge in [0.05, 0.1) is 16.1 Å². The maximum atomic E-state index is 14.9. The Morgan fingerprint density at radius 2 is 1.97 bits per heavy atom. The number of nitrogens with one attached hydrogen (secondary N) is 1. The molecule has 1 aromatic carbocycles. The van der Waals surface area contributed by atoms with Crippen LogP contribution in [0.25, 0.3) is 0 Å². The Labute approximate surface area is 175 Å².